The summed E-state index contributed by atoms with van der Waals surface area (Å²) in [6, 6.07) is 0.496. The zero-order valence-corrected chi connectivity index (χ0v) is 8.14. The zero-order valence-electron chi connectivity index (χ0n) is 7.32. The molecule has 1 N–H and O–H groups in total. The highest BCUT2D eigenvalue weighted by atomic mass is 32.2. The maximum Gasteiger partial charge on any atom is 0.317 e. The third-order valence-corrected chi connectivity index (χ3v) is 3.31. The topological polar surface area (TPSA) is 40.5 Å². The quantitative estimate of drug-likeness (QED) is 0.713. The first-order chi connectivity index (χ1) is 5.74. The van der Waals surface area contributed by atoms with Gasteiger partial charge in [-0.3, -0.25) is 9.69 Å². The molecule has 4 heteroatoms. The zero-order chi connectivity index (χ0) is 8.97. The maximum atomic E-state index is 10.5. The second-order valence-electron chi connectivity index (χ2n) is 2.97. The predicted octanol–water partition coefficient (Wildman–Crippen LogP) is 0.898. The van der Waals surface area contributed by atoms with Crippen molar-refractivity contribution < 1.29 is 9.90 Å². The number of thioether (sulfide) groups is 1. The number of aliphatic carboxylic acids is 1. The molecule has 0 aromatic rings. The number of hydrogen-bond acceptors (Lipinski definition) is 3. The molecular formula is C8H15NO2S. The van der Waals surface area contributed by atoms with E-state index in [9.17, 15) is 4.79 Å². The Morgan fingerprint density at radius 2 is 2.50 bits per heavy atom. The van der Waals surface area contributed by atoms with E-state index >= 15 is 0 Å². The number of carboxylic acids is 1. The molecule has 0 amide bonds. The number of nitrogens with zero attached hydrogens (tertiary/aromatic N) is 1. The van der Waals surface area contributed by atoms with Crippen molar-refractivity contribution in [2.75, 3.05) is 24.6 Å². The van der Waals surface area contributed by atoms with Crippen LogP contribution in [-0.4, -0.2) is 46.6 Å². The summed E-state index contributed by atoms with van der Waals surface area (Å²) in [7, 11) is 0. The summed E-state index contributed by atoms with van der Waals surface area (Å²) >= 11 is 1.92. The molecule has 0 spiro atoms. The highest BCUT2D eigenvalue weighted by Gasteiger charge is 2.22. The van der Waals surface area contributed by atoms with Crippen molar-refractivity contribution in [1.29, 1.82) is 0 Å². The molecule has 1 aliphatic heterocycles. The van der Waals surface area contributed by atoms with Gasteiger partial charge in [0.25, 0.3) is 0 Å². The minimum absolute atomic E-state index is 0.196. The van der Waals surface area contributed by atoms with E-state index in [2.05, 4.69) is 0 Å². The van der Waals surface area contributed by atoms with Gasteiger partial charge in [0, 0.05) is 11.8 Å². The Bertz CT molecular complexity index is 157. The van der Waals surface area contributed by atoms with E-state index in [4.69, 9.17) is 5.11 Å². The van der Waals surface area contributed by atoms with Crippen molar-refractivity contribution in [3.05, 3.63) is 0 Å². The van der Waals surface area contributed by atoms with Gasteiger partial charge in [0.2, 0.25) is 0 Å². The van der Waals surface area contributed by atoms with Gasteiger partial charge < -0.3 is 5.11 Å². The summed E-state index contributed by atoms with van der Waals surface area (Å²) in [5.74, 6) is 1.57. The van der Waals surface area contributed by atoms with E-state index in [-0.39, 0.29) is 6.54 Å². The molecule has 0 radical (unpaired) electrons. The van der Waals surface area contributed by atoms with E-state index in [1.54, 1.807) is 0 Å². The Morgan fingerprint density at radius 1 is 1.75 bits per heavy atom. The number of likely N-dealkylation sites (N-methyl/N-ethyl adjacent to an activating group) is 1. The van der Waals surface area contributed by atoms with Gasteiger partial charge in [-0.2, -0.15) is 11.8 Å². The summed E-state index contributed by atoms with van der Waals surface area (Å²) in [4.78, 5) is 12.5. The molecule has 1 fully saturated rings. The molecule has 0 bridgehead atoms. The lowest BCUT2D eigenvalue weighted by atomic mass is 10.2. The number of hydrogen-bond donors (Lipinski definition) is 1. The average Bonchev–Trinajstić information content (AvgIpc) is 2.51. The van der Waals surface area contributed by atoms with Crippen LogP contribution in [0.4, 0.5) is 0 Å². The highest BCUT2D eigenvalue weighted by Crippen LogP contribution is 2.21. The minimum atomic E-state index is -0.714. The highest BCUT2D eigenvalue weighted by molar-refractivity contribution is 7.99. The van der Waals surface area contributed by atoms with Crippen LogP contribution in [0.3, 0.4) is 0 Å². The third kappa shape index (κ3) is 2.68. The van der Waals surface area contributed by atoms with Gasteiger partial charge in [0.05, 0.1) is 6.54 Å². The summed E-state index contributed by atoms with van der Waals surface area (Å²) in [5.41, 5.74) is 0. The summed E-state index contributed by atoms with van der Waals surface area (Å²) in [5, 5.41) is 8.63. The van der Waals surface area contributed by atoms with Crippen LogP contribution < -0.4 is 0 Å². The molecule has 12 heavy (non-hydrogen) atoms. The summed E-state index contributed by atoms with van der Waals surface area (Å²) in [6.45, 7) is 3.06. The van der Waals surface area contributed by atoms with E-state index in [1.807, 2.05) is 23.6 Å². The summed E-state index contributed by atoms with van der Waals surface area (Å²) < 4.78 is 0. The largest absolute Gasteiger partial charge is 0.480 e. The molecule has 1 atom stereocenters. The van der Waals surface area contributed by atoms with Crippen molar-refractivity contribution in [2.24, 2.45) is 0 Å². The molecule has 0 aromatic carbocycles. The first kappa shape index (κ1) is 9.86. The molecule has 1 unspecified atom stereocenters. The number of carboxylic acid groups (broad SMARTS) is 1. The van der Waals surface area contributed by atoms with Gasteiger partial charge in [-0.15, -0.1) is 0 Å². The Morgan fingerprint density at radius 3 is 2.92 bits per heavy atom. The lowest BCUT2D eigenvalue weighted by Crippen LogP contribution is -2.38. The molecule has 1 saturated heterocycles. The van der Waals surface area contributed by atoms with Gasteiger partial charge in [-0.25, -0.2) is 0 Å². The van der Waals surface area contributed by atoms with Crippen LogP contribution in [0.15, 0.2) is 0 Å². The standard InChI is InChI=1S/C8H15NO2S/c1-2-9(5-8(10)11)7-3-4-12-6-7/h7H,2-6H2,1H3,(H,10,11). The van der Waals surface area contributed by atoms with Gasteiger partial charge in [-0.05, 0) is 18.7 Å². The third-order valence-electron chi connectivity index (χ3n) is 2.17. The SMILES string of the molecule is CCN(CC(=O)O)C1CCSC1. The number of rotatable bonds is 4. The van der Waals surface area contributed by atoms with Crippen molar-refractivity contribution >= 4 is 17.7 Å². The van der Waals surface area contributed by atoms with Crippen LogP contribution in [0, 0.1) is 0 Å². The van der Waals surface area contributed by atoms with Crippen molar-refractivity contribution in [3.8, 4) is 0 Å². The Hall–Kier alpha value is -0.220. The van der Waals surface area contributed by atoms with E-state index < -0.39 is 5.97 Å². The van der Waals surface area contributed by atoms with Crippen molar-refractivity contribution in [3.63, 3.8) is 0 Å². The van der Waals surface area contributed by atoms with Crippen LogP contribution >= 0.6 is 11.8 Å². The number of carbonyl (C=O) groups is 1. The molecule has 1 rings (SSSR count). The monoisotopic (exact) mass is 189 g/mol. The maximum absolute atomic E-state index is 10.5. The van der Waals surface area contributed by atoms with Gasteiger partial charge in [0.1, 0.15) is 0 Å². The second kappa shape index (κ2) is 4.72. The van der Waals surface area contributed by atoms with Gasteiger partial charge in [0.15, 0.2) is 0 Å². The van der Waals surface area contributed by atoms with Crippen LogP contribution in [-0.2, 0) is 4.79 Å². The Balaban J connectivity index is 2.37. The second-order valence-corrected chi connectivity index (χ2v) is 4.12. The van der Waals surface area contributed by atoms with Gasteiger partial charge in [-0.1, -0.05) is 6.92 Å². The fraction of sp³-hybridized carbons (Fsp3) is 0.875. The molecular weight excluding hydrogens is 174 g/mol. The molecule has 0 saturated carbocycles. The Kier molecular flexibility index (Phi) is 3.88. The summed E-state index contributed by atoms with van der Waals surface area (Å²) in [6.07, 6.45) is 1.14. The smallest absolute Gasteiger partial charge is 0.317 e. The Labute approximate surface area is 77.1 Å². The van der Waals surface area contributed by atoms with Gasteiger partial charge >= 0.3 is 5.97 Å². The van der Waals surface area contributed by atoms with Crippen LogP contribution in [0.2, 0.25) is 0 Å². The van der Waals surface area contributed by atoms with Crippen molar-refractivity contribution in [2.45, 2.75) is 19.4 Å². The molecule has 1 heterocycles. The fourth-order valence-electron chi connectivity index (χ4n) is 1.48. The van der Waals surface area contributed by atoms with Crippen molar-refractivity contribution in [1.82, 2.24) is 4.90 Å². The van der Waals surface area contributed by atoms with E-state index in [1.165, 1.54) is 5.75 Å². The molecule has 70 valence electrons. The fourth-order valence-corrected chi connectivity index (χ4v) is 2.74. The lowest BCUT2D eigenvalue weighted by Gasteiger charge is -2.24. The average molecular weight is 189 g/mol. The minimum Gasteiger partial charge on any atom is -0.480 e. The molecule has 0 aliphatic carbocycles. The van der Waals surface area contributed by atoms with Crippen LogP contribution in [0.1, 0.15) is 13.3 Å². The normalized spacial score (nSPS) is 23.3. The predicted molar refractivity (Wildman–Crippen MR) is 50.6 cm³/mol. The van der Waals surface area contributed by atoms with E-state index in [0.29, 0.717) is 6.04 Å². The first-order valence-corrected chi connectivity index (χ1v) is 5.43. The molecule has 1 aliphatic rings. The van der Waals surface area contributed by atoms with E-state index in [0.717, 1.165) is 18.7 Å². The first-order valence-electron chi connectivity index (χ1n) is 4.27. The lowest BCUT2D eigenvalue weighted by molar-refractivity contribution is -0.138. The molecule has 3 nitrogen and oxygen atoms in total. The van der Waals surface area contributed by atoms with Crippen LogP contribution in [0.5, 0.6) is 0 Å². The molecule has 0 aromatic heterocycles. The van der Waals surface area contributed by atoms with Crippen LogP contribution in [0.25, 0.3) is 0 Å².